The number of imide groups is 1. The molecule has 1 atom stereocenters. The summed E-state index contributed by atoms with van der Waals surface area (Å²) in [7, 11) is 0. The lowest BCUT2D eigenvalue weighted by Crippen LogP contribution is -2.49. The molecule has 4 fully saturated rings. The van der Waals surface area contributed by atoms with Crippen molar-refractivity contribution in [3.8, 4) is 11.8 Å². The van der Waals surface area contributed by atoms with E-state index >= 15 is 0 Å². The first kappa shape index (κ1) is 38.8. The number of nitriles is 1. The number of ether oxygens (including phenoxy) is 1. The fourth-order valence-electron chi connectivity index (χ4n) is 9.36. The third-order valence-corrected chi connectivity index (χ3v) is 13.0. The van der Waals surface area contributed by atoms with Crippen LogP contribution in [-0.4, -0.2) is 90.8 Å². The van der Waals surface area contributed by atoms with Crippen LogP contribution in [-0.2, 0) is 9.59 Å². The largest absolute Gasteiger partial charge is 0.490 e. The van der Waals surface area contributed by atoms with Crippen LogP contribution in [0.3, 0.4) is 0 Å². The van der Waals surface area contributed by atoms with Gasteiger partial charge in [-0.15, -0.1) is 10.2 Å². The molecule has 3 aromatic carbocycles. The second-order valence-electron chi connectivity index (χ2n) is 16.3. The van der Waals surface area contributed by atoms with E-state index in [2.05, 4.69) is 65.9 Å². The maximum atomic E-state index is 13.1. The zero-order chi connectivity index (χ0) is 40.5. The molecule has 2 aromatic heterocycles. The molecule has 2 N–H and O–H groups in total. The van der Waals surface area contributed by atoms with Crippen LogP contribution in [0.2, 0.25) is 5.02 Å². The van der Waals surface area contributed by atoms with Crippen LogP contribution in [0.15, 0.2) is 71.3 Å². The average molecular weight is 815 g/mol. The lowest BCUT2D eigenvalue weighted by Gasteiger charge is -2.40. The van der Waals surface area contributed by atoms with Crippen molar-refractivity contribution in [2.24, 2.45) is 5.92 Å². The number of anilines is 2. The Morgan fingerprint density at radius 2 is 1.71 bits per heavy atom. The Labute approximate surface area is 347 Å². The summed E-state index contributed by atoms with van der Waals surface area (Å²) in [4.78, 5) is 45.0. The van der Waals surface area contributed by atoms with E-state index in [0.29, 0.717) is 40.8 Å². The van der Waals surface area contributed by atoms with Gasteiger partial charge in [-0.05, 0) is 98.7 Å². The number of nitrogens with zero attached hydrogens (tertiary/aromatic N) is 6. The van der Waals surface area contributed by atoms with Crippen LogP contribution in [0.5, 0.6) is 5.75 Å². The van der Waals surface area contributed by atoms with Gasteiger partial charge in [-0.2, -0.15) is 5.26 Å². The number of carbonyl (C=O) groups excluding carboxylic acids is 3. The van der Waals surface area contributed by atoms with Crippen molar-refractivity contribution >= 4 is 62.6 Å². The number of piperidine rings is 2. The highest BCUT2D eigenvalue weighted by atomic mass is 35.5. The van der Waals surface area contributed by atoms with Gasteiger partial charge in [-0.1, -0.05) is 23.7 Å². The third-order valence-electron chi connectivity index (χ3n) is 12.6. The quantitative estimate of drug-likeness (QED) is 0.155. The van der Waals surface area contributed by atoms with Gasteiger partial charge >= 0.3 is 0 Å². The van der Waals surface area contributed by atoms with Crippen molar-refractivity contribution in [3.63, 3.8) is 0 Å². The van der Waals surface area contributed by atoms with Gasteiger partial charge in [-0.25, -0.2) is 0 Å². The number of nitrogens with one attached hydrogen (secondary N) is 2. The highest BCUT2D eigenvalue weighted by Gasteiger charge is 2.32. The van der Waals surface area contributed by atoms with E-state index in [0.717, 1.165) is 117 Å². The summed E-state index contributed by atoms with van der Waals surface area (Å²) in [5.74, 6) is 0.980. The Hall–Kier alpha value is -5.71. The molecule has 5 heterocycles. The first-order chi connectivity index (χ1) is 28.8. The standard InChI is InChI=1S/C45H47ClN8O5/c46-37-24-32(7-4-29(37)25-47)59-31-8-5-30(6-9-31)48-45(57)38-12-14-41(51-50-38)54-18-16-28(17-19-54)26-52-20-22-53(23-21-52)39-3-1-2-34-33(39)10-13-40-43(34)36(27-58-40)35-11-15-42(55)49-44(35)56/h1-4,7,10,12-14,24,27-28,30-31,35H,5-6,8-9,11,15-23,26H2,(H,48,57)(H,49,55,56)/t30?,31?,35-/m0/s1. The number of carbonyl (C=O) groups is 3. The Morgan fingerprint density at radius 1 is 0.898 bits per heavy atom. The van der Waals surface area contributed by atoms with Crippen molar-refractivity contribution < 1.29 is 23.5 Å². The fourth-order valence-corrected chi connectivity index (χ4v) is 9.57. The summed E-state index contributed by atoms with van der Waals surface area (Å²) in [6.45, 7) is 6.73. The summed E-state index contributed by atoms with van der Waals surface area (Å²) in [6.07, 6.45) is 7.89. The number of rotatable bonds is 9. The van der Waals surface area contributed by atoms with Gasteiger partial charge < -0.3 is 24.3 Å². The molecule has 1 aliphatic carbocycles. The maximum absolute atomic E-state index is 13.1. The summed E-state index contributed by atoms with van der Waals surface area (Å²) in [5.41, 5.74) is 3.54. The SMILES string of the molecule is N#Cc1ccc(OC2CCC(NC(=O)c3ccc(N4CCC(CN5CCN(c6cccc7c6ccc6occ([C@@H]8CCC(=O)NC8=O)c67)CC5)CC4)nn3)CC2)cc1Cl. The maximum Gasteiger partial charge on any atom is 0.272 e. The smallest absolute Gasteiger partial charge is 0.272 e. The normalized spacial score (nSPS) is 22.0. The average Bonchev–Trinajstić information content (AvgIpc) is 3.69. The first-order valence-corrected chi connectivity index (χ1v) is 21.2. The number of benzene rings is 3. The van der Waals surface area contributed by atoms with Gasteiger partial charge in [0, 0.05) is 86.4 Å². The van der Waals surface area contributed by atoms with Gasteiger partial charge in [0.2, 0.25) is 11.8 Å². The van der Waals surface area contributed by atoms with Crippen molar-refractivity contribution in [1.82, 2.24) is 25.7 Å². The zero-order valence-corrected chi connectivity index (χ0v) is 33.6. The second-order valence-corrected chi connectivity index (χ2v) is 16.7. The van der Waals surface area contributed by atoms with Crippen molar-refractivity contribution in [2.45, 2.75) is 69.4 Å². The summed E-state index contributed by atoms with van der Waals surface area (Å²) in [6, 6.07) is 21.4. The number of hydrogen-bond acceptors (Lipinski definition) is 11. The zero-order valence-electron chi connectivity index (χ0n) is 32.9. The Balaban J connectivity index is 0.729. The molecule has 4 aliphatic rings. The number of fused-ring (bicyclic) bond motifs is 3. The van der Waals surface area contributed by atoms with Crippen LogP contribution in [0.1, 0.15) is 78.9 Å². The topological polar surface area (TPSA) is 157 Å². The van der Waals surface area contributed by atoms with Crippen LogP contribution in [0, 0.1) is 17.2 Å². The van der Waals surface area contributed by atoms with E-state index in [1.54, 1.807) is 30.5 Å². The van der Waals surface area contributed by atoms with E-state index in [-0.39, 0.29) is 29.9 Å². The molecule has 304 valence electrons. The number of amides is 3. The number of halogens is 1. The predicted molar refractivity (Wildman–Crippen MR) is 225 cm³/mol. The van der Waals surface area contributed by atoms with Crippen LogP contribution < -0.4 is 25.2 Å². The van der Waals surface area contributed by atoms with Gasteiger partial charge in [0.25, 0.3) is 5.91 Å². The Morgan fingerprint density at radius 3 is 2.44 bits per heavy atom. The molecule has 3 saturated heterocycles. The summed E-state index contributed by atoms with van der Waals surface area (Å²) in [5, 5.41) is 27.0. The number of hydrogen-bond donors (Lipinski definition) is 2. The molecule has 13 nitrogen and oxygen atoms in total. The third kappa shape index (κ3) is 8.29. The molecule has 0 radical (unpaired) electrons. The fraction of sp³-hybridized carbons (Fsp3) is 0.422. The second kappa shape index (κ2) is 16.9. The molecule has 3 amide bonds. The minimum atomic E-state index is -0.403. The summed E-state index contributed by atoms with van der Waals surface area (Å²) < 4.78 is 12.0. The van der Waals surface area contributed by atoms with Gasteiger partial charge in [-0.3, -0.25) is 24.6 Å². The number of piperazine rings is 1. The van der Waals surface area contributed by atoms with Crippen molar-refractivity contribution in [2.75, 3.05) is 55.6 Å². The van der Waals surface area contributed by atoms with Gasteiger partial charge in [0.05, 0.1) is 28.9 Å². The lowest BCUT2D eigenvalue weighted by atomic mass is 9.88. The van der Waals surface area contributed by atoms with Crippen molar-refractivity contribution in [1.29, 1.82) is 5.26 Å². The molecule has 9 rings (SSSR count). The highest BCUT2D eigenvalue weighted by Crippen LogP contribution is 2.40. The van der Waals surface area contributed by atoms with E-state index in [1.165, 1.54) is 5.69 Å². The van der Waals surface area contributed by atoms with Crippen LogP contribution in [0.4, 0.5) is 11.5 Å². The lowest BCUT2D eigenvalue weighted by molar-refractivity contribution is -0.134. The van der Waals surface area contributed by atoms with E-state index in [1.807, 2.05) is 12.1 Å². The Bertz CT molecular complexity index is 2410. The first-order valence-electron chi connectivity index (χ1n) is 20.8. The van der Waals surface area contributed by atoms with Crippen LogP contribution >= 0.6 is 11.6 Å². The number of aromatic nitrogens is 2. The van der Waals surface area contributed by atoms with E-state index < -0.39 is 5.92 Å². The Kier molecular flexibility index (Phi) is 11.1. The molecule has 1 saturated carbocycles. The molecular formula is C45H47ClN8O5. The molecule has 14 heteroatoms. The molecule has 0 bridgehead atoms. The molecule has 3 aliphatic heterocycles. The summed E-state index contributed by atoms with van der Waals surface area (Å²) >= 11 is 6.16. The van der Waals surface area contributed by atoms with E-state index in [9.17, 15) is 14.4 Å². The van der Waals surface area contributed by atoms with Gasteiger partial charge in [0.15, 0.2) is 11.5 Å². The van der Waals surface area contributed by atoms with Crippen molar-refractivity contribution in [3.05, 3.63) is 88.8 Å². The minimum Gasteiger partial charge on any atom is -0.490 e. The minimum absolute atomic E-state index is 0.0307. The molecule has 0 spiro atoms. The molecular weight excluding hydrogens is 768 g/mol. The molecule has 0 unspecified atom stereocenters. The van der Waals surface area contributed by atoms with Gasteiger partial charge in [0.1, 0.15) is 17.4 Å². The van der Waals surface area contributed by atoms with E-state index in [4.69, 9.17) is 26.0 Å². The monoisotopic (exact) mass is 814 g/mol. The number of furan rings is 1. The predicted octanol–water partition coefficient (Wildman–Crippen LogP) is 6.58. The molecule has 5 aromatic rings. The molecule has 59 heavy (non-hydrogen) atoms. The van der Waals surface area contributed by atoms with Crippen LogP contribution in [0.25, 0.3) is 21.7 Å². The highest BCUT2D eigenvalue weighted by molar-refractivity contribution is 6.31.